The Morgan fingerprint density at radius 3 is 2.35 bits per heavy atom. The Morgan fingerprint density at radius 1 is 0.725 bits per heavy atom. The first-order valence-corrected chi connectivity index (χ1v) is 14.3. The molecule has 0 fully saturated rings. The first-order valence-electron chi connectivity index (χ1n) is 14.3. The molecule has 0 saturated carbocycles. The lowest BCUT2D eigenvalue weighted by Gasteiger charge is -2.30. The number of hydrogen-bond acceptors (Lipinski definition) is 1. The minimum atomic E-state index is 0.136. The van der Waals surface area contributed by atoms with Crippen LogP contribution in [0.1, 0.15) is 35.7 Å². The van der Waals surface area contributed by atoms with Gasteiger partial charge in [-0.2, -0.15) is 0 Å². The zero-order valence-electron chi connectivity index (χ0n) is 22.4. The molecule has 2 aliphatic carbocycles. The molecule has 2 nitrogen and oxygen atoms in total. The SMILES string of the molecule is CC1Cc2c3c(cc4ccccc24)-c2ccccc2-c2cccc4c2c-3c1n4C1=CC=CC(c2ccccc2)N1. The van der Waals surface area contributed by atoms with Crippen molar-refractivity contribution < 1.29 is 0 Å². The van der Waals surface area contributed by atoms with Crippen LogP contribution in [-0.4, -0.2) is 4.57 Å². The number of allylic oxidation sites excluding steroid dienone is 2. The molecular formula is C38H28N2. The van der Waals surface area contributed by atoms with Crippen molar-refractivity contribution in [3.63, 3.8) is 0 Å². The number of nitrogens with one attached hydrogen (secondary N) is 1. The maximum Gasteiger partial charge on any atom is 0.111 e. The molecule has 1 aliphatic heterocycles. The molecular weight excluding hydrogens is 484 g/mol. The van der Waals surface area contributed by atoms with Crippen molar-refractivity contribution in [2.45, 2.75) is 25.3 Å². The Kier molecular flexibility index (Phi) is 4.46. The number of dihydropyridines is 1. The average Bonchev–Trinajstić information content (AvgIpc) is 3.31. The Labute approximate surface area is 233 Å². The van der Waals surface area contributed by atoms with Gasteiger partial charge in [-0.15, -0.1) is 0 Å². The van der Waals surface area contributed by atoms with Gasteiger partial charge in [0, 0.05) is 22.6 Å². The molecule has 5 aromatic carbocycles. The molecule has 2 heteroatoms. The monoisotopic (exact) mass is 512 g/mol. The fraction of sp³-hybridized carbons (Fsp3) is 0.105. The Balaban J connectivity index is 1.40. The Bertz CT molecular complexity index is 2070. The van der Waals surface area contributed by atoms with E-state index in [4.69, 9.17) is 0 Å². The van der Waals surface area contributed by atoms with Gasteiger partial charge in [-0.1, -0.05) is 110 Å². The molecule has 40 heavy (non-hydrogen) atoms. The molecule has 2 heterocycles. The smallest absolute Gasteiger partial charge is 0.111 e. The molecule has 3 aliphatic rings. The lowest BCUT2D eigenvalue weighted by Crippen LogP contribution is -2.26. The van der Waals surface area contributed by atoms with E-state index in [-0.39, 0.29) is 6.04 Å². The van der Waals surface area contributed by atoms with E-state index < -0.39 is 0 Å². The quantitative estimate of drug-likeness (QED) is 0.244. The molecule has 0 saturated heterocycles. The molecule has 9 rings (SSSR count). The average molecular weight is 513 g/mol. The van der Waals surface area contributed by atoms with Crippen LogP contribution in [0, 0.1) is 0 Å². The summed E-state index contributed by atoms with van der Waals surface area (Å²) in [7, 11) is 0. The van der Waals surface area contributed by atoms with Crippen molar-refractivity contribution in [1.82, 2.24) is 9.88 Å². The highest BCUT2D eigenvalue weighted by molar-refractivity contribution is 6.18. The van der Waals surface area contributed by atoms with E-state index in [1.165, 1.54) is 71.9 Å². The van der Waals surface area contributed by atoms with Crippen molar-refractivity contribution in [3.05, 3.63) is 138 Å². The fourth-order valence-electron chi connectivity index (χ4n) is 7.56. The van der Waals surface area contributed by atoms with Gasteiger partial charge in [0.2, 0.25) is 0 Å². The van der Waals surface area contributed by atoms with Gasteiger partial charge in [0.05, 0.1) is 11.6 Å². The predicted octanol–water partition coefficient (Wildman–Crippen LogP) is 9.47. The second kappa shape index (κ2) is 8.09. The molecule has 1 N–H and O–H groups in total. The summed E-state index contributed by atoms with van der Waals surface area (Å²) in [6.07, 6.45) is 7.74. The first kappa shape index (κ1) is 22.0. The number of hydrogen-bond donors (Lipinski definition) is 1. The lowest BCUT2D eigenvalue weighted by molar-refractivity contribution is 0.678. The van der Waals surface area contributed by atoms with E-state index >= 15 is 0 Å². The normalized spacial score (nSPS) is 18.3. The summed E-state index contributed by atoms with van der Waals surface area (Å²) in [5, 5.41) is 7.99. The van der Waals surface area contributed by atoms with Gasteiger partial charge in [0.25, 0.3) is 0 Å². The van der Waals surface area contributed by atoms with E-state index in [1.807, 2.05) is 0 Å². The van der Waals surface area contributed by atoms with Crippen molar-refractivity contribution in [2.24, 2.45) is 0 Å². The van der Waals surface area contributed by atoms with Crippen LogP contribution in [0.15, 0.2) is 121 Å². The molecule has 0 radical (unpaired) electrons. The molecule has 1 aromatic heterocycles. The van der Waals surface area contributed by atoms with Gasteiger partial charge >= 0.3 is 0 Å². The summed E-state index contributed by atoms with van der Waals surface area (Å²) in [5.41, 5.74) is 13.7. The van der Waals surface area contributed by atoms with Crippen LogP contribution in [-0.2, 0) is 6.42 Å². The largest absolute Gasteiger partial charge is 0.361 e. The predicted molar refractivity (Wildman–Crippen MR) is 167 cm³/mol. The van der Waals surface area contributed by atoms with Gasteiger partial charge in [0.1, 0.15) is 5.82 Å². The minimum absolute atomic E-state index is 0.136. The first-order chi connectivity index (χ1) is 19.8. The molecule has 0 amide bonds. The zero-order chi connectivity index (χ0) is 26.4. The summed E-state index contributed by atoms with van der Waals surface area (Å²) in [6.45, 7) is 2.41. The van der Waals surface area contributed by atoms with Crippen molar-refractivity contribution >= 4 is 27.5 Å². The number of benzene rings is 5. The highest BCUT2D eigenvalue weighted by Gasteiger charge is 2.36. The highest BCUT2D eigenvalue weighted by atomic mass is 15.2. The number of fused-ring (bicyclic) bond motifs is 5. The number of rotatable bonds is 2. The summed E-state index contributed by atoms with van der Waals surface area (Å²) in [5.74, 6) is 1.51. The van der Waals surface area contributed by atoms with Crippen LogP contribution < -0.4 is 5.32 Å². The van der Waals surface area contributed by atoms with Gasteiger partial charge in [-0.3, -0.25) is 4.57 Å². The zero-order valence-corrected chi connectivity index (χ0v) is 22.4. The van der Waals surface area contributed by atoms with E-state index in [0.717, 1.165) is 12.2 Å². The topological polar surface area (TPSA) is 17.0 Å². The van der Waals surface area contributed by atoms with E-state index in [1.54, 1.807) is 0 Å². The van der Waals surface area contributed by atoms with Gasteiger partial charge in [-0.05, 0) is 74.3 Å². The fourth-order valence-corrected chi connectivity index (χ4v) is 7.56. The van der Waals surface area contributed by atoms with Crippen molar-refractivity contribution in [2.75, 3.05) is 0 Å². The van der Waals surface area contributed by atoms with E-state index in [0.29, 0.717) is 5.92 Å². The van der Waals surface area contributed by atoms with Crippen LogP contribution in [0.25, 0.3) is 60.9 Å². The van der Waals surface area contributed by atoms with Gasteiger partial charge in [0.15, 0.2) is 0 Å². The second-order valence-corrected chi connectivity index (χ2v) is 11.4. The van der Waals surface area contributed by atoms with Crippen LogP contribution in [0.2, 0.25) is 0 Å². The van der Waals surface area contributed by atoms with Crippen LogP contribution in [0.3, 0.4) is 0 Å². The van der Waals surface area contributed by atoms with Crippen LogP contribution in [0.5, 0.6) is 0 Å². The molecule has 0 bridgehead atoms. The maximum atomic E-state index is 3.90. The van der Waals surface area contributed by atoms with Gasteiger partial charge < -0.3 is 5.32 Å². The lowest BCUT2D eigenvalue weighted by atomic mass is 9.77. The standard InChI is InChI=1S/C38H28N2/c1-23-21-30-26-14-6-5-13-25(26)22-31-28-16-8-7-15-27(28)29-17-9-19-33-36(29)37(35(30)31)38(23)40(33)34-20-10-18-32(39-34)24-11-3-2-4-12-24/h2-20,22-23,32,39H,21H2,1H3. The van der Waals surface area contributed by atoms with E-state index in [2.05, 4.69) is 138 Å². The third-order valence-electron chi connectivity index (χ3n) is 9.18. The Hall–Kier alpha value is -4.82. The third-order valence-corrected chi connectivity index (χ3v) is 9.18. The molecule has 2 atom stereocenters. The summed E-state index contributed by atoms with van der Waals surface area (Å²) in [4.78, 5) is 0. The second-order valence-electron chi connectivity index (χ2n) is 11.4. The third kappa shape index (κ3) is 2.88. The summed E-state index contributed by atoms with van der Waals surface area (Å²) in [6, 6.07) is 38.2. The van der Waals surface area contributed by atoms with E-state index in [9.17, 15) is 0 Å². The highest BCUT2D eigenvalue weighted by Crippen LogP contribution is 2.56. The molecule has 190 valence electrons. The summed E-state index contributed by atoms with van der Waals surface area (Å²) >= 11 is 0. The number of aromatic nitrogens is 1. The van der Waals surface area contributed by atoms with Crippen LogP contribution >= 0.6 is 0 Å². The van der Waals surface area contributed by atoms with Crippen LogP contribution in [0.4, 0.5) is 0 Å². The molecule has 0 spiro atoms. The van der Waals surface area contributed by atoms with Gasteiger partial charge in [-0.25, -0.2) is 0 Å². The van der Waals surface area contributed by atoms with Crippen molar-refractivity contribution in [3.8, 4) is 33.4 Å². The summed E-state index contributed by atoms with van der Waals surface area (Å²) < 4.78 is 2.54. The Morgan fingerprint density at radius 2 is 1.48 bits per heavy atom. The maximum absolute atomic E-state index is 3.90. The van der Waals surface area contributed by atoms with Crippen molar-refractivity contribution in [1.29, 1.82) is 0 Å². The molecule has 2 unspecified atom stereocenters. The number of nitrogens with zero attached hydrogens (tertiary/aromatic N) is 1. The minimum Gasteiger partial charge on any atom is -0.361 e. The molecule has 6 aromatic rings.